The van der Waals surface area contributed by atoms with Gasteiger partial charge < -0.3 is 19.6 Å². The molecule has 3 rings (SSSR count). The number of aromatic hydroxyl groups is 1. The molecular weight excluding hydrogens is 367 g/mol. The van der Waals surface area contributed by atoms with Gasteiger partial charge in [-0.25, -0.2) is 4.39 Å². The number of benzene rings is 2. The van der Waals surface area contributed by atoms with Gasteiger partial charge in [-0.15, -0.1) is 0 Å². The van der Waals surface area contributed by atoms with Crippen molar-refractivity contribution in [2.45, 2.75) is 32.7 Å². The van der Waals surface area contributed by atoms with Crippen LogP contribution in [0.1, 0.15) is 30.9 Å². The molecule has 1 fully saturated rings. The lowest BCUT2D eigenvalue weighted by atomic mass is 9.97. The largest absolute Gasteiger partial charge is 0.504 e. The lowest BCUT2D eigenvalue weighted by Crippen LogP contribution is -2.40. The van der Waals surface area contributed by atoms with Crippen LogP contribution >= 0.6 is 0 Å². The van der Waals surface area contributed by atoms with E-state index in [1.54, 1.807) is 12.1 Å². The van der Waals surface area contributed by atoms with E-state index in [0.29, 0.717) is 24.8 Å². The summed E-state index contributed by atoms with van der Waals surface area (Å²) >= 11 is 0. The maximum Gasteiger partial charge on any atom is 0.162 e. The summed E-state index contributed by atoms with van der Waals surface area (Å²) in [6.07, 6.45) is 3.41. The van der Waals surface area contributed by atoms with E-state index < -0.39 is 0 Å². The minimum atomic E-state index is -0.173. The molecule has 29 heavy (non-hydrogen) atoms. The predicted molar refractivity (Wildman–Crippen MR) is 115 cm³/mol. The van der Waals surface area contributed by atoms with E-state index in [1.165, 1.54) is 18.4 Å². The Labute approximate surface area is 173 Å². The number of phenols is 1. The molecule has 1 atom stereocenters. The van der Waals surface area contributed by atoms with Crippen molar-refractivity contribution in [1.82, 2.24) is 9.80 Å². The molecular formula is C24H33FN2O2. The highest BCUT2D eigenvalue weighted by molar-refractivity contribution is 5.45. The Morgan fingerprint density at radius 2 is 2.00 bits per heavy atom. The summed E-state index contributed by atoms with van der Waals surface area (Å²) < 4.78 is 18.6. The SMILES string of the molecule is CCOc1cccc(CN(C)CC2CCCN(CCc3ccc(F)cc3)C2)c1O. The van der Waals surface area contributed by atoms with Gasteiger partial charge in [0.2, 0.25) is 0 Å². The number of likely N-dealkylation sites (tertiary alicyclic amines) is 1. The number of rotatable bonds is 9. The fraction of sp³-hybridized carbons (Fsp3) is 0.500. The second kappa shape index (κ2) is 10.6. The molecule has 0 saturated carbocycles. The number of para-hydroxylation sites is 1. The Morgan fingerprint density at radius 1 is 1.21 bits per heavy atom. The average Bonchev–Trinajstić information content (AvgIpc) is 2.71. The Morgan fingerprint density at radius 3 is 2.76 bits per heavy atom. The van der Waals surface area contributed by atoms with Crippen LogP contribution in [-0.2, 0) is 13.0 Å². The van der Waals surface area contributed by atoms with Gasteiger partial charge in [-0.05, 0) is 69.5 Å². The van der Waals surface area contributed by atoms with E-state index in [-0.39, 0.29) is 11.6 Å². The van der Waals surface area contributed by atoms with Crippen molar-refractivity contribution in [3.8, 4) is 11.5 Å². The van der Waals surface area contributed by atoms with Gasteiger partial charge in [-0.2, -0.15) is 0 Å². The van der Waals surface area contributed by atoms with E-state index in [0.717, 1.165) is 38.2 Å². The Kier molecular flexibility index (Phi) is 7.90. The molecule has 1 aliphatic heterocycles. The van der Waals surface area contributed by atoms with Crippen molar-refractivity contribution >= 4 is 0 Å². The lowest BCUT2D eigenvalue weighted by Gasteiger charge is -2.35. The Balaban J connectivity index is 1.48. The summed E-state index contributed by atoms with van der Waals surface area (Å²) in [6, 6.07) is 12.6. The number of nitrogens with zero attached hydrogens (tertiary/aromatic N) is 2. The van der Waals surface area contributed by atoms with Gasteiger partial charge in [-0.3, -0.25) is 0 Å². The molecule has 158 valence electrons. The number of phenolic OH excluding ortho intramolecular Hbond substituents is 1. The Hall–Kier alpha value is -2.11. The minimum absolute atomic E-state index is 0.173. The van der Waals surface area contributed by atoms with Gasteiger partial charge in [0.05, 0.1) is 6.61 Å². The summed E-state index contributed by atoms with van der Waals surface area (Å²) in [6.45, 7) is 7.42. The average molecular weight is 401 g/mol. The third kappa shape index (κ3) is 6.44. The zero-order valence-corrected chi connectivity index (χ0v) is 17.6. The zero-order valence-electron chi connectivity index (χ0n) is 17.6. The number of piperidine rings is 1. The standard InChI is InChI=1S/C24H33FN2O2/c1-3-29-23-8-4-7-21(24(23)28)18-26(2)16-20-6-5-14-27(17-20)15-13-19-9-11-22(25)12-10-19/h4,7-12,20,28H,3,5-6,13-18H2,1-2H3. The van der Waals surface area contributed by atoms with Crippen LogP contribution in [0.25, 0.3) is 0 Å². The second-order valence-corrected chi connectivity index (χ2v) is 8.08. The molecule has 1 unspecified atom stereocenters. The molecule has 0 aliphatic carbocycles. The molecule has 1 aliphatic rings. The van der Waals surface area contributed by atoms with Crippen molar-refractivity contribution in [2.75, 3.05) is 39.8 Å². The molecule has 0 amide bonds. The highest BCUT2D eigenvalue weighted by Crippen LogP contribution is 2.30. The van der Waals surface area contributed by atoms with Crippen molar-refractivity contribution in [3.05, 3.63) is 59.4 Å². The first-order valence-electron chi connectivity index (χ1n) is 10.6. The molecule has 0 bridgehead atoms. The fourth-order valence-electron chi connectivity index (χ4n) is 4.21. The smallest absolute Gasteiger partial charge is 0.162 e. The van der Waals surface area contributed by atoms with Crippen molar-refractivity contribution in [3.63, 3.8) is 0 Å². The number of halogens is 1. The van der Waals surface area contributed by atoms with E-state index in [4.69, 9.17) is 4.74 Å². The van der Waals surface area contributed by atoms with Crippen LogP contribution < -0.4 is 4.74 Å². The first kappa shape index (κ1) is 21.6. The monoisotopic (exact) mass is 400 g/mol. The third-order valence-electron chi connectivity index (χ3n) is 5.63. The van der Waals surface area contributed by atoms with Gasteiger partial charge in [0.1, 0.15) is 5.82 Å². The maximum absolute atomic E-state index is 13.1. The molecule has 1 heterocycles. The third-order valence-corrected chi connectivity index (χ3v) is 5.63. The zero-order chi connectivity index (χ0) is 20.6. The topological polar surface area (TPSA) is 35.9 Å². The first-order chi connectivity index (χ1) is 14.0. The van der Waals surface area contributed by atoms with E-state index >= 15 is 0 Å². The number of hydrogen-bond donors (Lipinski definition) is 1. The predicted octanol–water partition coefficient (Wildman–Crippen LogP) is 4.32. The van der Waals surface area contributed by atoms with Gasteiger partial charge in [0.25, 0.3) is 0 Å². The van der Waals surface area contributed by atoms with Gasteiger partial charge in [-0.1, -0.05) is 24.3 Å². The van der Waals surface area contributed by atoms with Gasteiger partial charge in [0.15, 0.2) is 11.5 Å². The lowest BCUT2D eigenvalue weighted by molar-refractivity contribution is 0.142. The Bertz CT molecular complexity index is 766. The molecule has 4 nitrogen and oxygen atoms in total. The summed E-state index contributed by atoms with van der Waals surface area (Å²) in [4.78, 5) is 4.82. The molecule has 0 aromatic heterocycles. The molecule has 0 spiro atoms. The summed E-state index contributed by atoms with van der Waals surface area (Å²) in [5, 5.41) is 10.4. The highest BCUT2D eigenvalue weighted by Gasteiger charge is 2.21. The molecule has 1 N–H and O–H groups in total. The van der Waals surface area contributed by atoms with Crippen LogP contribution in [0, 0.1) is 11.7 Å². The van der Waals surface area contributed by atoms with Crippen molar-refractivity contribution in [1.29, 1.82) is 0 Å². The number of ether oxygens (including phenoxy) is 1. The van der Waals surface area contributed by atoms with E-state index in [1.807, 2.05) is 37.3 Å². The number of hydrogen-bond acceptors (Lipinski definition) is 4. The van der Waals surface area contributed by atoms with Crippen LogP contribution in [0.15, 0.2) is 42.5 Å². The van der Waals surface area contributed by atoms with Crippen molar-refractivity contribution in [2.24, 2.45) is 5.92 Å². The van der Waals surface area contributed by atoms with E-state index in [2.05, 4.69) is 16.8 Å². The molecule has 5 heteroatoms. The first-order valence-corrected chi connectivity index (χ1v) is 10.6. The molecule has 0 radical (unpaired) electrons. The molecule has 2 aromatic rings. The maximum atomic E-state index is 13.1. The molecule has 2 aromatic carbocycles. The highest BCUT2D eigenvalue weighted by atomic mass is 19.1. The van der Waals surface area contributed by atoms with Crippen LogP contribution in [0.2, 0.25) is 0 Å². The van der Waals surface area contributed by atoms with Crippen LogP contribution in [0.4, 0.5) is 4.39 Å². The van der Waals surface area contributed by atoms with Crippen LogP contribution in [-0.4, -0.2) is 54.7 Å². The summed E-state index contributed by atoms with van der Waals surface area (Å²) in [5.74, 6) is 1.26. The quantitative estimate of drug-likeness (QED) is 0.680. The van der Waals surface area contributed by atoms with E-state index in [9.17, 15) is 9.50 Å². The normalized spacial score (nSPS) is 17.6. The van der Waals surface area contributed by atoms with Crippen LogP contribution in [0.5, 0.6) is 11.5 Å². The van der Waals surface area contributed by atoms with Gasteiger partial charge >= 0.3 is 0 Å². The molecule has 1 saturated heterocycles. The second-order valence-electron chi connectivity index (χ2n) is 8.08. The fourth-order valence-corrected chi connectivity index (χ4v) is 4.21. The summed E-state index contributed by atoms with van der Waals surface area (Å²) in [5.41, 5.74) is 2.10. The van der Waals surface area contributed by atoms with Crippen LogP contribution in [0.3, 0.4) is 0 Å². The minimum Gasteiger partial charge on any atom is -0.504 e. The van der Waals surface area contributed by atoms with Gasteiger partial charge in [0, 0.05) is 31.7 Å². The summed E-state index contributed by atoms with van der Waals surface area (Å²) in [7, 11) is 2.12. The van der Waals surface area contributed by atoms with Crippen molar-refractivity contribution < 1.29 is 14.2 Å².